The molecule has 4 nitrogen and oxygen atoms in total. The van der Waals surface area contributed by atoms with Crippen LogP contribution in [0.3, 0.4) is 0 Å². The van der Waals surface area contributed by atoms with Gasteiger partial charge in [-0.2, -0.15) is 0 Å². The molecule has 4 heteroatoms. The third-order valence-electron chi connectivity index (χ3n) is 3.86. The van der Waals surface area contributed by atoms with Gasteiger partial charge in [0, 0.05) is 24.0 Å². The van der Waals surface area contributed by atoms with Crippen LogP contribution >= 0.6 is 0 Å². The van der Waals surface area contributed by atoms with Gasteiger partial charge >= 0.3 is 5.97 Å². The van der Waals surface area contributed by atoms with Crippen LogP contribution in [-0.2, 0) is 11.8 Å². The standard InChI is InChI=1S/C19H17NO3/c1-13(14-8-4-3-5-9-14)23-19(22)17-12-20(2)18(21)16-11-7-6-10-15(16)17/h3-13H,1-2H3. The zero-order valence-electron chi connectivity index (χ0n) is 13.0. The molecule has 2 aromatic carbocycles. The van der Waals surface area contributed by atoms with Crippen molar-refractivity contribution in [3.8, 4) is 0 Å². The summed E-state index contributed by atoms with van der Waals surface area (Å²) in [5.74, 6) is -0.437. The van der Waals surface area contributed by atoms with Crippen molar-refractivity contribution >= 4 is 16.7 Å². The summed E-state index contributed by atoms with van der Waals surface area (Å²) < 4.78 is 6.98. The molecule has 1 atom stereocenters. The minimum atomic E-state index is -0.437. The molecule has 0 fully saturated rings. The van der Waals surface area contributed by atoms with Crippen molar-refractivity contribution in [3.05, 3.63) is 82.3 Å². The molecular weight excluding hydrogens is 290 g/mol. The average molecular weight is 307 g/mol. The van der Waals surface area contributed by atoms with Crippen LogP contribution in [0.15, 0.2) is 65.6 Å². The maximum atomic E-state index is 12.6. The van der Waals surface area contributed by atoms with E-state index in [1.54, 1.807) is 31.3 Å². The van der Waals surface area contributed by atoms with E-state index in [0.29, 0.717) is 16.3 Å². The number of fused-ring (bicyclic) bond motifs is 1. The molecule has 0 saturated carbocycles. The summed E-state index contributed by atoms with van der Waals surface area (Å²) in [6, 6.07) is 16.6. The van der Waals surface area contributed by atoms with Crippen LogP contribution in [0.4, 0.5) is 0 Å². The molecule has 0 spiro atoms. The van der Waals surface area contributed by atoms with Crippen molar-refractivity contribution in [2.45, 2.75) is 13.0 Å². The summed E-state index contributed by atoms with van der Waals surface area (Å²) in [5, 5.41) is 1.12. The van der Waals surface area contributed by atoms with Gasteiger partial charge in [0.05, 0.1) is 5.56 Å². The molecule has 0 aliphatic carbocycles. The number of pyridine rings is 1. The van der Waals surface area contributed by atoms with E-state index in [1.807, 2.05) is 37.3 Å². The number of benzene rings is 2. The molecule has 0 amide bonds. The predicted molar refractivity (Wildman–Crippen MR) is 89.5 cm³/mol. The number of esters is 1. The SMILES string of the molecule is CC(OC(=O)c1cn(C)c(=O)c2ccccc12)c1ccccc1. The summed E-state index contributed by atoms with van der Waals surface area (Å²) in [5.41, 5.74) is 1.19. The normalized spacial score (nSPS) is 12.1. The molecule has 0 aliphatic heterocycles. The zero-order valence-corrected chi connectivity index (χ0v) is 13.0. The molecule has 23 heavy (non-hydrogen) atoms. The second kappa shape index (κ2) is 6.08. The summed E-state index contributed by atoms with van der Waals surface area (Å²) in [4.78, 5) is 24.7. The van der Waals surface area contributed by atoms with E-state index < -0.39 is 5.97 Å². The fourth-order valence-electron chi connectivity index (χ4n) is 2.60. The number of carbonyl (C=O) groups excluding carboxylic acids is 1. The summed E-state index contributed by atoms with van der Waals surface area (Å²) in [6.45, 7) is 1.83. The maximum absolute atomic E-state index is 12.6. The van der Waals surface area contributed by atoms with Crippen molar-refractivity contribution in [1.82, 2.24) is 4.57 Å². The van der Waals surface area contributed by atoms with Gasteiger partial charge in [0.2, 0.25) is 0 Å². The second-order valence-electron chi connectivity index (χ2n) is 5.46. The molecule has 0 N–H and O–H groups in total. The van der Waals surface area contributed by atoms with Gasteiger partial charge in [-0.15, -0.1) is 0 Å². The maximum Gasteiger partial charge on any atom is 0.340 e. The Morgan fingerprint density at radius 1 is 1.00 bits per heavy atom. The molecule has 1 aromatic heterocycles. The topological polar surface area (TPSA) is 48.3 Å². The highest BCUT2D eigenvalue weighted by Crippen LogP contribution is 2.21. The Bertz CT molecular complexity index is 913. The fraction of sp³-hybridized carbons (Fsp3) is 0.158. The van der Waals surface area contributed by atoms with Gasteiger partial charge in [-0.25, -0.2) is 4.79 Å². The van der Waals surface area contributed by atoms with Crippen LogP contribution < -0.4 is 5.56 Å². The Labute approximate surface area is 133 Å². The first-order chi connectivity index (χ1) is 11.1. The Morgan fingerprint density at radius 2 is 1.61 bits per heavy atom. The molecule has 0 aliphatic rings. The number of hydrogen-bond acceptors (Lipinski definition) is 3. The van der Waals surface area contributed by atoms with Crippen LogP contribution in [0.2, 0.25) is 0 Å². The highest BCUT2D eigenvalue weighted by Gasteiger charge is 2.18. The highest BCUT2D eigenvalue weighted by molar-refractivity contribution is 6.03. The number of aromatic nitrogens is 1. The molecule has 1 heterocycles. The van der Waals surface area contributed by atoms with Crippen molar-refractivity contribution in [3.63, 3.8) is 0 Å². The average Bonchev–Trinajstić information content (AvgIpc) is 2.58. The monoisotopic (exact) mass is 307 g/mol. The Kier molecular flexibility index (Phi) is 3.98. The van der Waals surface area contributed by atoms with Crippen molar-refractivity contribution in [2.75, 3.05) is 0 Å². The lowest BCUT2D eigenvalue weighted by atomic mass is 10.1. The second-order valence-corrected chi connectivity index (χ2v) is 5.46. The fourth-order valence-corrected chi connectivity index (χ4v) is 2.60. The predicted octanol–water partition coefficient (Wildman–Crippen LogP) is 3.46. The van der Waals surface area contributed by atoms with Gasteiger partial charge in [-0.3, -0.25) is 4.79 Å². The van der Waals surface area contributed by atoms with Gasteiger partial charge in [0.1, 0.15) is 6.10 Å². The van der Waals surface area contributed by atoms with E-state index >= 15 is 0 Å². The van der Waals surface area contributed by atoms with Crippen molar-refractivity contribution in [2.24, 2.45) is 7.05 Å². The first-order valence-electron chi connectivity index (χ1n) is 7.42. The third kappa shape index (κ3) is 2.88. The lowest BCUT2D eigenvalue weighted by molar-refractivity contribution is 0.0339. The van der Waals surface area contributed by atoms with Crippen molar-refractivity contribution in [1.29, 1.82) is 0 Å². The molecular formula is C19H17NO3. The molecule has 1 unspecified atom stereocenters. The van der Waals surface area contributed by atoms with Crippen molar-refractivity contribution < 1.29 is 9.53 Å². The van der Waals surface area contributed by atoms with Gasteiger partial charge in [0.25, 0.3) is 5.56 Å². The Balaban J connectivity index is 1.99. The van der Waals surface area contributed by atoms with Gasteiger partial charge in [-0.05, 0) is 18.6 Å². The van der Waals surface area contributed by atoms with E-state index in [4.69, 9.17) is 4.74 Å². The first kappa shape index (κ1) is 15.0. The number of hydrogen-bond donors (Lipinski definition) is 0. The Morgan fingerprint density at radius 3 is 2.30 bits per heavy atom. The third-order valence-corrected chi connectivity index (χ3v) is 3.86. The van der Waals surface area contributed by atoms with Crippen LogP contribution in [-0.4, -0.2) is 10.5 Å². The zero-order chi connectivity index (χ0) is 16.4. The van der Waals surface area contributed by atoms with E-state index in [2.05, 4.69) is 0 Å². The summed E-state index contributed by atoms with van der Waals surface area (Å²) >= 11 is 0. The van der Waals surface area contributed by atoms with Crippen LogP contribution in [0.5, 0.6) is 0 Å². The number of aryl methyl sites for hydroxylation is 1. The molecule has 3 rings (SSSR count). The summed E-state index contributed by atoms with van der Waals surface area (Å²) in [7, 11) is 1.63. The molecule has 0 radical (unpaired) electrons. The Hall–Kier alpha value is -2.88. The molecule has 116 valence electrons. The van der Waals surface area contributed by atoms with Gasteiger partial charge < -0.3 is 9.30 Å². The quantitative estimate of drug-likeness (QED) is 0.696. The highest BCUT2D eigenvalue weighted by atomic mass is 16.5. The number of rotatable bonds is 3. The molecule has 0 saturated heterocycles. The summed E-state index contributed by atoms with van der Waals surface area (Å²) in [6.07, 6.45) is 1.17. The van der Waals surface area contributed by atoms with Gasteiger partial charge in [-0.1, -0.05) is 48.5 Å². The lowest BCUT2D eigenvalue weighted by Crippen LogP contribution is -2.20. The van der Waals surface area contributed by atoms with Crippen LogP contribution in [0, 0.1) is 0 Å². The van der Waals surface area contributed by atoms with E-state index in [0.717, 1.165) is 5.56 Å². The number of ether oxygens (including phenoxy) is 1. The lowest BCUT2D eigenvalue weighted by Gasteiger charge is -2.15. The first-order valence-corrected chi connectivity index (χ1v) is 7.42. The smallest absolute Gasteiger partial charge is 0.340 e. The van der Waals surface area contributed by atoms with E-state index in [1.165, 1.54) is 10.8 Å². The largest absolute Gasteiger partial charge is 0.454 e. The van der Waals surface area contributed by atoms with Crippen LogP contribution in [0.1, 0.15) is 28.9 Å². The number of nitrogens with zero attached hydrogens (tertiary/aromatic N) is 1. The number of carbonyl (C=O) groups is 1. The van der Waals surface area contributed by atoms with E-state index in [-0.39, 0.29) is 11.7 Å². The molecule has 0 bridgehead atoms. The van der Waals surface area contributed by atoms with Gasteiger partial charge in [0.15, 0.2) is 0 Å². The molecule has 3 aromatic rings. The van der Waals surface area contributed by atoms with E-state index in [9.17, 15) is 9.59 Å². The minimum Gasteiger partial charge on any atom is -0.454 e. The minimum absolute atomic E-state index is 0.131. The van der Waals surface area contributed by atoms with Crippen LogP contribution in [0.25, 0.3) is 10.8 Å².